The van der Waals surface area contributed by atoms with Gasteiger partial charge in [0, 0.05) is 36.1 Å². The average molecular weight is 299 g/mol. The highest BCUT2D eigenvalue weighted by Crippen LogP contribution is 2.23. The quantitative estimate of drug-likeness (QED) is 0.881. The highest BCUT2D eigenvalue weighted by Gasteiger charge is 2.10. The largest absolute Gasteiger partial charge is 0.432 e. The Morgan fingerprint density at radius 2 is 2.10 bits per heavy atom. The van der Waals surface area contributed by atoms with Crippen molar-refractivity contribution in [2.75, 3.05) is 5.32 Å². The second-order valence-electron chi connectivity index (χ2n) is 4.80. The smallest absolute Gasteiger partial charge is 0.387 e. The summed E-state index contributed by atoms with van der Waals surface area (Å²) in [4.78, 5) is 0. The number of hydrogen-bond acceptors (Lipinski definition) is 3. The maximum Gasteiger partial charge on any atom is 0.387 e. The Hall–Kier alpha value is -2.18. The van der Waals surface area contributed by atoms with Crippen LogP contribution in [0.25, 0.3) is 0 Å². The number of hydrogen-bond donors (Lipinski definition) is 1. The Morgan fingerprint density at radius 3 is 2.67 bits per heavy atom. The zero-order chi connectivity index (χ0) is 15.4. The molecule has 0 aliphatic heterocycles. The van der Waals surface area contributed by atoms with Gasteiger partial charge < -0.3 is 10.1 Å². The molecule has 0 amide bonds. The van der Waals surface area contributed by atoms with Gasteiger partial charge in [-0.1, -0.05) is 0 Å². The van der Waals surface area contributed by atoms with Crippen molar-refractivity contribution in [1.82, 2.24) is 9.78 Å². The van der Waals surface area contributed by atoms with Gasteiger partial charge in [-0.2, -0.15) is 13.9 Å². The molecule has 0 bridgehead atoms. The fraction of sp³-hybridized carbons (Fsp3) is 0.357. The van der Waals surface area contributed by atoms with Crippen molar-refractivity contribution < 1.29 is 17.9 Å². The number of alkyl halides is 2. The van der Waals surface area contributed by atoms with Gasteiger partial charge in [0.05, 0.1) is 6.20 Å². The highest BCUT2D eigenvalue weighted by molar-refractivity contribution is 5.47. The van der Waals surface area contributed by atoms with E-state index in [1.807, 2.05) is 24.7 Å². The lowest BCUT2D eigenvalue weighted by molar-refractivity contribution is -0.0521. The number of ether oxygens (including phenoxy) is 1. The van der Waals surface area contributed by atoms with Gasteiger partial charge in [-0.3, -0.25) is 4.68 Å². The second-order valence-corrected chi connectivity index (χ2v) is 4.80. The third-order valence-electron chi connectivity index (χ3n) is 2.83. The standard InChI is InChI=1S/C14H16F3N3O/c1-9(2)20-8-10(7-19-20)6-18-11-3-4-13(12(15)5-11)21-14(16)17/h3-5,7-9,14,18H,6H2,1-2H3. The summed E-state index contributed by atoms with van der Waals surface area (Å²) < 4.78 is 43.4. The first kappa shape index (κ1) is 15.2. The number of benzene rings is 1. The van der Waals surface area contributed by atoms with Crippen molar-refractivity contribution in [1.29, 1.82) is 0 Å². The van der Waals surface area contributed by atoms with Crippen molar-refractivity contribution in [2.24, 2.45) is 0 Å². The van der Waals surface area contributed by atoms with Crippen molar-refractivity contribution in [3.05, 3.63) is 42.0 Å². The van der Waals surface area contributed by atoms with Crippen LogP contribution < -0.4 is 10.1 Å². The van der Waals surface area contributed by atoms with E-state index in [9.17, 15) is 13.2 Å². The Morgan fingerprint density at radius 1 is 1.33 bits per heavy atom. The van der Waals surface area contributed by atoms with Crippen molar-refractivity contribution >= 4 is 5.69 Å². The Bertz CT molecular complexity index is 599. The Balaban J connectivity index is 1.98. The lowest BCUT2D eigenvalue weighted by Gasteiger charge is -2.09. The van der Waals surface area contributed by atoms with Gasteiger partial charge in [-0.05, 0) is 26.0 Å². The molecule has 0 saturated heterocycles. The molecule has 1 aromatic carbocycles. The van der Waals surface area contributed by atoms with Crippen LogP contribution in [0.5, 0.6) is 5.75 Å². The van der Waals surface area contributed by atoms with E-state index in [0.29, 0.717) is 12.2 Å². The minimum absolute atomic E-state index is 0.266. The van der Waals surface area contributed by atoms with E-state index in [0.717, 1.165) is 11.6 Å². The summed E-state index contributed by atoms with van der Waals surface area (Å²) >= 11 is 0. The zero-order valence-corrected chi connectivity index (χ0v) is 11.7. The summed E-state index contributed by atoms with van der Waals surface area (Å²) in [7, 11) is 0. The molecular weight excluding hydrogens is 283 g/mol. The predicted molar refractivity (Wildman–Crippen MR) is 73.0 cm³/mol. The summed E-state index contributed by atoms with van der Waals surface area (Å²) in [6, 6.07) is 4.03. The van der Waals surface area contributed by atoms with Crippen molar-refractivity contribution in [2.45, 2.75) is 33.0 Å². The fourth-order valence-corrected chi connectivity index (χ4v) is 1.76. The maximum atomic E-state index is 13.5. The lowest BCUT2D eigenvalue weighted by atomic mass is 10.2. The first-order valence-corrected chi connectivity index (χ1v) is 6.47. The van der Waals surface area contributed by atoms with E-state index >= 15 is 0 Å². The monoisotopic (exact) mass is 299 g/mol. The van der Waals surface area contributed by atoms with Gasteiger partial charge in [-0.25, -0.2) is 4.39 Å². The van der Waals surface area contributed by atoms with E-state index in [2.05, 4.69) is 15.2 Å². The normalized spacial score (nSPS) is 11.2. The van der Waals surface area contributed by atoms with Crippen molar-refractivity contribution in [3.8, 4) is 5.75 Å². The van der Waals surface area contributed by atoms with Crippen LogP contribution in [0.15, 0.2) is 30.6 Å². The van der Waals surface area contributed by atoms with Gasteiger partial charge in [0.25, 0.3) is 0 Å². The van der Waals surface area contributed by atoms with Crippen LogP contribution in [0.2, 0.25) is 0 Å². The van der Waals surface area contributed by atoms with E-state index in [1.165, 1.54) is 12.1 Å². The van der Waals surface area contributed by atoms with E-state index < -0.39 is 18.2 Å². The molecule has 2 rings (SSSR count). The van der Waals surface area contributed by atoms with Crippen LogP contribution in [0.3, 0.4) is 0 Å². The first-order chi connectivity index (χ1) is 9.95. The van der Waals surface area contributed by atoms with Crippen LogP contribution in [0, 0.1) is 5.82 Å². The average Bonchev–Trinajstić information content (AvgIpc) is 2.88. The number of aromatic nitrogens is 2. The number of nitrogens with zero attached hydrogens (tertiary/aromatic N) is 2. The molecule has 0 unspecified atom stereocenters. The summed E-state index contributed by atoms with van der Waals surface area (Å²) in [5.74, 6) is -1.30. The molecule has 0 saturated carbocycles. The summed E-state index contributed by atoms with van der Waals surface area (Å²) in [6.07, 6.45) is 3.61. The van der Waals surface area contributed by atoms with Gasteiger partial charge in [-0.15, -0.1) is 0 Å². The molecule has 4 nitrogen and oxygen atoms in total. The molecule has 0 spiro atoms. The summed E-state index contributed by atoms with van der Waals surface area (Å²) in [5, 5.41) is 7.19. The molecule has 7 heteroatoms. The molecule has 1 N–H and O–H groups in total. The fourth-order valence-electron chi connectivity index (χ4n) is 1.76. The Kier molecular flexibility index (Phi) is 4.72. The second kappa shape index (κ2) is 6.51. The first-order valence-electron chi connectivity index (χ1n) is 6.47. The minimum atomic E-state index is -3.04. The third-order valence-corrected chi connectivity index (χ3v) is 2.83. The lowest BCUT2D eigenvalue weighted by Crippen LogP contribution is -2.05. The number of halogens is 3. The summed E-state index contributed by atoms with van der Waals surface area (Å²) in [6.45, 7) is 1.45. The van der Waals surface area contributed by atoms with Gasteiger partial charge in [0.1, 0.15) is 0 Å². The topological polar surface area (TPSA) is 39.1 Å². The highest BCUT2D eigenvalue weighted by atomic mass is 19.3. The summed E-state index contributed by atoms with van der Waals surface area (Å²) in [5.41, 5.74) is 1.42. The molecule has 114 valence electrons. The molecule has 0 aliphatic rings. The third kappa shape index (κ3) is 4.14. The van der Waals surface area contributed by atoms with Crippen LogP contribution in [0.4, 0.5) is 18.9 Å². The maximum absolute atomic E-state index is 13.5. The molecule has 0 atom stereocenters. The number of rotatable bonds is 6. The van der Waals surface area contributed by atoms with E-state index in [1.54, 1.807) is 6.20 Å². The van der Waals surface area contributed by atoms with Crippen LogP contribution in [-0.2, 0) is 6.54 Å². The minimum Gasteiger partial charge on any atom is -0.432 e. The van der Waals surface area contributed by atoms with Crippen LogP contribution in [0.1, 0.15) is 25.5 Å². The van der Waals surface area contributed by atoms with Gasteiger partial charge >= 0.3 is 6.61 Å². The number of anilines is 1. The van der Waals surface area contributed by atoms with Gasteiger partial charge in [0.2, 0.25) is 0 Å². The van der Waals surface area contributed by atoms with Crippen molar-refractivity contribution in [3.63, 3.8) is 0 Å². The molecule has 1 aromatic heterocycles. The Labute approximate surface area is 120 Å². The van der Waals surface area contributed by atoms with Gasteiger partial charge in [0.15, 0.2) is 11.6 Å². The molecule has 0 radical (unpaired) electrons. The predicted octanol–water partition coefficient (Wildman–Crippen LogP) is 3.82. The van der Waals surface area contributed by atoms with Crippen LogP contribution in [-0.4, -0.2) is 16.4 Å². The molecular formula is C14H16F3N3O. The van der Waals surface area contributed by atoms with E-state index in [4.69, 9.17) is 0 Å². The SMILES string of the molecule is CC(C)n1cc(CNc2ccc(OC(F)F)c(F)c2)cn1. The van der Waals surface area contributed by atoms with Crippen LogP contribution >= 0.6 is 0 Å². The molecule has 2 aromatic rings. The number of nitrogens with one attached hydrogen (secondary N) is 1. The molecule has 21 heavy (non-hydrogen) atoms. The molecule has 1 heterocycles. The molecule has 0 fully saturated rings. The van der Waals surface area contributed by atoms with E-state index in [-0.39, 0.29) is 6.04 Å². The zero-order valence-electron chi connectivity index (χ0n) is 11.7. The molecule has 0 aliphatic carbocycles.